The van der Waals surface area contributed by atoms with Crippen molar-refractivity contribution >= 4 is 10.0 Å². The molecular formula is C12H19N3O2S. The number of nitrogens with zero attached hydrogens (tertiary/aromatic N) is 2. The third-order valence-corrected chi connectivity index (χ3v) is 5.90. The Kier molecular flexibility index (Phi) is 2.75. The molecule has 0 atom stereocenters. The van der Waals surface area contributed by atoms with E-state index in [-0.39, 0.29) is 6.04 Å². The topological polar surface area (TPSA) is 66.1 Å². The third-order valence-electron chi connectivity index (χ3n) is 3.72. The average molecular weight is 269 g/mol. The lowest BCUT2D eigenvalue weighted by Gasteiger charge is -2.21. The van der Waals surface area contributed by atoms with Crippen molar-refractivity contribution in [2.75, 3.05) is 6.54 Å². The van der Waals surface area contributed by atoms with E-state index >= 15 is 0 Å². The van der Waals surface area contributed by atoms with Crippen LogP contribution in [0.15, 0.2) is 4.90 Å². The third kappa shape index (κ3) is 2.07. The minimum absolute atomic E-state index is 0.226. The molecule has 1 N–H and O–H groups in total. The summed E-state index contributed by atoms with van der Waals surface area (Å²) in [4.78, 5) is 0.384. The highest BCUT2D eigenvalue weighted by atomic mass is 32.2. The second-order valence-corrected chi connectivity index (χ2v) is 7.34. The van der Waals surface area contributed by atoms with Gasteiger partial charge in [-0.05, 0) is 45.4 Å². The summed E-state index contributed by atoms with van der Waals surface area (Å²) in [5.74, 6) is 0.577. The fourth-order valence-corrected chi connectivity index (χ4v) is 4.50. The smallest absolute Gasteiger partial charge is 0.246 e. The van der Waals surface area contributed by atoms with E-state index in [1.54, 1.807) is 18.2 Å². The first-order chi connectivity index (χ1) is 8.50. The summed E-state index contributed by atoms with van der Waals surface area (Å²) in [6, 6.07) is 0.226. The molecule has 2 aliphatic carbocycles. The molecule has 0 spiro atoms. The molecular weight excluding hydrogens is 250 g/mol. The van der Waals surface area contributed by atoms with E-state index in [0.717, 1.165) is 12.8 Å². The minimum Gasteiger partial charge on any atom is -0.281 e. The first kappa shape index (κ1) is 12.2. The van der Waals surface area contributed by atoms with Crippen LogP contribution in [0.25, 0.3) is 0 Å². The molecule has 0 amide bonds. The van der Waals surface area contributed by atoms with Crippen LogP contribution in [0.5, 0.6) is 0 Å². The first-order valence-electron chi connectivity index (χ1n) is 6.53. The highest BCUT2D eigenvalue weighted by Crippen LogP contribution is 2.38. The fourth-order valence-electron chi connectivity index (χ4n) is 2.40. The lowest BCUT2D eigenvalue weighted by Crippen LogP contribution is -2.35. The van der Waals surface area contributed by atoms with Gasteiger partial charge in [0.05, 0.1) is 11.4 Å². The molecule has 6 heteroatoms. The maximum Gasteiger partial charge on any atom is 0.246 e. The van der Waals surface area contributed by atoms with Gasteiger partial charge in [0, 0.05) is 12.6 Å². The molecule has 100 valence electrons. The monoisotopic (exact) mass is 269 g/mol. The molecule has 1 aromatic heterocycles. The van der Waals surface area contributed by atoms with Gasteiger partial charge in [0.2, 0.25) is 10.0 Å². The summed E-state index contributed by atoms with van der Waals surface area (Å²) in [6.07, 6.45) is 4.34. The Hall–Kier alpha value is -0.880. The van der Waals surface area contributed by atoms with Crippen molar-refractivity contribution < 1.29 is 8.42 Å². The average Bonchev–Trinajstić information content (AvgIpc) is 3.17. The van der Waals surface area contributed by atoms with E-state index in [4.69, 9.17) is 0 Å². The van der Waals surface area contributed by atoms with Crippen molar-refractivity contribution in [3.05, 3.63) is 11.4 Å². The summed E-state index contributed by atoms with van der Waals surface area (Å²) in [5.41, 5.74) is 1.22. The van der Waals surface area contributed by atoms with Gasteiger partial charge in [-0.3, -0.25) is 5.10 Å². The number of aryl methyl sites for hydroxylation is 2. The Morgan fingerprint density at radius 2 is 1.94 bits per heavy atom. The molecule has 5 nitrogen and oxygen atoms in total. The summed E-state index contributed by atoms with van der Waals surface area (Å²) < 4.78 is 27.2. The Morgan fingerprint density at radius 1 is 1.28 bits per heavy atom. The zero-order valence-corrected chi connectivity index (χ0v) is 11.6. The molecule has 2 fully saturated rings. The van der Waals surface area contributed by atoms with Gasteiger partial charge in [0.25, 0.3) is 0 Å². The second-order valence-electron chi connectivity index (χ2n) is 5.51. The molecule has 2 saturated carbocycles. The maximum absolute atomic E-state index is 12.7. The van der Waals surface area contributed by atoms with Crippen LogP contribution in [0, 0.1) is 19.8 Å². The van der Waals surface area contributed by atoms with Gasteiger partial charge in [-0.1, -0.05) is 0 Å². The van der Waals surface area contributed by atoms with Crippen molar-refractivity contribution in [3.8, 4) is 0 Å². The molecule has 0 bridgehead atoms. The van der Waals surface area contributed by atoms with Crippen molar-refractivity contribution in [2.24, 2.45) is 5.92 Å². The fraction of sp³-hybridized carbons (Fsp3) is 0.750. The van der Waals surface area contributed by atoms with Crippen LogP contribution < -0.4 is 0 Å². The lowest BCUT2D eigenvalue weighted by molar-refractivity contribution is 0.388. The highest BCUT2D eigenvalue weighted by Gasteiger charge is 2.42. The van der Waals surface area contributed by atoms with Crippen LogP contribution >= 0.6 is 0 Å². The van der Waals surface area contributed by atoms with Crippen molar-refractivity contribution in [1.29, 1.82) is 0 Å². The van der Waals surface area contributed by atoms with E-state index in [1.165, 1.54) is 12.8 Å². The van der Waals surface area contributed by atoms with Gasteiger partial charge in [-0.2, -0.15) is 9.40 Å². The highest BCUT2D eigenvalue weighted by molar-refractivity contribution is 7.89. The largest absolute Gasteiger partial charge is 0.281 e. The van der Waals surface area contributed by atoms with Gasteiger partial charge < -0.3 is 0 Å². The summed E-state index contributed by atoms with van der Waals surface area (Å²) in [7, 11) is -3.37. The van der Waals surface area contributed by atoms with Crippen molar-refractivity contribution in [1.82, 2.24) is 14.5 Å². The normalized spacial score (nSPS) is 20.6. The van der Waals surface area contributed by atoms with E-state index in [9.17, 15) is 8.42 Å². The SMILES string of the molecule is Cc1n[nH]c(C)c1S(=O)(=O)N(CC1CC1)C1CC1. The summed E-state index contributed by atoms with van der Waals surface area (Å²) in [5, 5.41) is 6.78. The van der Waals surface area contributed by atoms with E-state index < -0.39 is 10.0 Å². The molecule has 0 radical (unpaired) electrons. The van der Waals surface area contributed by atoms with E-state index in [2.05, 4.69) is 10.2 Å². The van der Waals surface area contributed by atoms with Gasteiger partial charge in [0.15, 0.2) is 0 Å². The molecule has 0 saturated heterocycles. The maximum atomic E-state index is 12.7. The molecule has 1 heterocycles. The molecule has 0 unspecified atom stereocenters. The Labute approximate surface area is 108 Å². The lowest BCUT2D eigenvalue weighted by atomic mass is 10.4. The second kappa shape index (κ2) is 4.06. The Balaban J connectivity index is 1.95. The number of rotatable bonds is 5. The minimum atomic E-state index is -3.37. The van der Waals surface area contributed by atoms with Crippen LogP contribution in [0.3, 0.4) is 0 Å². The first-order valence-corrected chi connectivity index (χ1v) is 7.97. The molecule has 0 aromatic carbocycles. The van der Waals surface area contributed by atoms with E-state index in [1.807, 2.05) is 0 Å². The van der Waals surface area contributed by atoms with E-state index in [0.29, 0.717) is 28.7 Å². The Bertz CT molecular complexity index is 536. The number of H-pyrrole nitrogens is 1. The molecule has 0 aliphatic heterocycles. The van der Waals surface area contributed by atoms with Crippen LogP contribution in [0.4, 0.5) is 0 Å². The summed E-state index contributed by atoms with van der Waals surface area (Å²) in [6.45, 7) is 4.21. The molecule has 18 heavy (non-hydrogen) atoms. The quantitative estimate of drug-likeness (QED) is 0.882. The number of aromatic amines is 1. The van der Waals surface area contributed by atoms with Crippen LogP contribution in [0.1, 0.15) is 37.1 Å². The molecule has 1 aromatic rings. The Morgan fingerprint density at radius 3 is 2.39 bits per heavy atom. The number of hydrogen-bond acceptors (Lipinski definition) is 3. The van der Waals surface area contributed by atoms with Crippen LogP contribution in [0.2, 0.25) is 0 Å². The molecule has 3 rings (SSSR count). The number of nitrogens with one attached hydrogen (secondary N) is 1. The van der Waals surface area contributed by atoms with Gasteiger partial charge in [-0.25, -0.2) is 8.42 Å². The zero-order valence-electron chi connectivity index (χ0n) is 10.8. The summed E-state index contributed by atoms with van der Waals surface area (Å²) >= 11 is 0. The number of sulfonamides is 1. The predicted octanol–water partition coefficient (Wildman–Crippen LogP) is 1.59. The number of aromatic nitrogens is 2. The van der Waals surface area contributed by atoms with Gasteiger partial charge >= 0.3 is 0 Å². The van der Waals surface area contributed by atoms with Gasteiger partial charge in [-0.15, -0.1) is 0 Å². The van der Waals surface area contributed by atoms with Crippen LogP contribution in [-0.4, -0.2) is 35.5 Å². The standard InChI is InChI=1S/C12H19N3O2S/c1-8-12(9(2)14-13-8)18(16,17)15(11-5-6-11)7-10-3-4-10/h10-11H,3-7H2,1-2H3,(H,13,14). The van der Waals surface area contributed by atoms with Gasteiger partial charge in [0.1, 0.15) is 4.90 Å². The van der Waals surface area contributed by atoms with Crippen LogP contribution in [-0.2, 0) is 10.0 Å². The molecule has 2 aliphatic rings. The van der Waals surface area contributed by atoms with Crippen molar-refractivity contribution in [3.63, 3.8) is 0 Å². The van der Waals surface area contributed by atoms with Crippen molar-refractivity contribution in [2.45, 2.75) is 50.5 Å². The zero-order chi connectivity index (χ0) is 12.9. The number of hydrogen-bond donors (Lipinski definition) is 1. The predicted molar refractivity (Wildman–Crippen MR) is 67.7 cm³/mol.